The van der Waals surface area contributed by atoms with Crippen molar-refractivity contribution in [2.24, 2.45) is 0 Å². The quantitative estimate of drug-likeness (QED) is 0.855. The molecule has 2 aromatic carbocycles. The fourth-order valence-corrected chi connectivity index (χ4v) is 5.27. The Morgan fingerprint density at radius 3 is 2.46 bits per heavy atom. The summed E-state index contributed by atoms with van der Waals surface area (Å²) in [6.07, 6.45) is 0.180. The van der Waals surface area contributed by atoms with Crippen molar-refractivity contribution in [3.8, 4) is 5.75 Å². The predicted molar refractivity (Wildman–Crippen MR) is 103 cm³/mol. The van der Waals surface area contributed by atoms with Gasteiger partial charge < -0.3 is 14.7 Å². The van der Waals surface area contributed by atoms with E-state index < -0.39 is 27.6 Å². The van der Waals surface area contributed by atoms with Crippen LogP contribution < -0.4 is 4.74 Å². The van der Waals surface area contributed by atoms with Gasteiger partial charge in [-0.2, -0.15) is 0 Å². The summed E-state index contributed by atoms with van der Waals surface area (Å²) in [4.78, 5) is 14.4. The van der Waals surface area contributed by atoms with Crippen molar-refractivity contribution in [1.29, 1.82) is 0 Å². The van der Waals surface area contributed by atoms with E-state index in [0.717, 1.165) is 6.42 Å². The van der Waals surface area contributed by atoms with Crippen molar-refractivity contribution in [2.45, 2.75) is 54.2 Å². The number of rotatable bonds is 3. The topological polar surface area (TPSA) is 83.9 Å². The maximum atomic E-state index is 13.0. The zero-order chi connectivity index (χ0) is 20.1. The Hall–Kier alpha value is -2.38. The normalized spacial score (nSPS) is 24.0. The molecule has 1 saturated heterocycles. The number of carbonyl (C=O) groups is 1. The molecule has 1 N–H and O–H groups in total. The van der Waals surface area contributed by atoms with Gasteiger partial charge in [-0.25, -0.2) is 8.42 Å². The highest BCUT2D eigenvalue weighted by molar-refractivity contribution is 7.91. The van der Waals surface area contributed by atoms with Crippen LogP contribution in [0, 0.1) is 0 Å². The van der Waals surface area contributed by atoms with Crippen LogP contribution in [-0.2, 0) is 14.6 Å². The van der Waals surface area contributed by atoms with Gasteiger partial charge >= 0.3 is 0 Å². The number of carbonyl (C=O) groups excluding carboxylic acids is 1. The molecule has 2 atom stereocenters. The van der Waals surface area contributed by atoms with Gasteiger partial charge in [-0.15, -0.1) is 0 Å². The summed E-state index contributed by atoms with van der Waals surface area (Å²) >= 11 is 0. The molecule has 0 aromatic heterocycles. The second kappa shape index (κ2) is 6.60. The highest BCUT2D eigenvalue weighted by atomic mass is 32.2. The molecule has 28 heavy (non-hydrogen) atoms. The standard InChI is InChI=1S/C21H23NO5S/c1-21(2)20(24)19(22-12-6-9-18(22)23)16-13-15(10-11-17(16)27-21)28(25,26)14-7-4-3-5-8-14/h3-5,7-8,10-11,13,19-20,24H,6,9,12H2,1-2H3/t19?,20-/m0/s1. The number of amides is 1. The van der Waals surface area contributed by atoms with Crippen molar-refractivity contribution in [3.05, 3.63) is 54.1 Å². The number of ether oxygens (including phenoxy) is 1. The summed E-state index contributed by atoms with van der Waals surface area (Å²) in [7, 11) is -3.72. The molecule has 2 aliphatic rings. The van der Waals surface area contributed by atoms with Gasteiger partial charge in [0.05, 0.1) is 15.8 Å². The highest BCUT2D eigenvalue weighted by Crippen LogP contribution is 2.45. The average molecular weight is 401 g/mol. The molecule has 0 saturated carbocycles. The van der Waals surface area contributed by atoms with E-state index in [2.05, 4.69) is 0 Å². The van der Waals surface area contributed by atoms with Crippen LogP contribution in [0.3, 0.4) is 0 Å². The predicted octanol–water partition coefficient (Wildman–Crippen LogP) is 2.71. The molecule has 6 nitrogen and oxygen atoms in total. The first kappa shape index (κ1) is 19.0. The van der Waals surface area contributed by atoms with Gasteiger partial charge in [-0.3, -0.25) is 4.79 Å². The van der Waals surface area contributed by atoms with E-state index in [4.69, 9.17) is 4.74 Å². The van der Waals surface area contributed by atoms with Crippen molar-refractivity contribution in [3.63, 3.8) is 0 Å². The minimum atomic E-state index is -3.72. The number of sulfone groups is 1. The van der Waals surface area contributed by atoms with Crippen molar-refractivity contribution < 1.29 is 23.1 Å². The summed E-state index contributed by atoms with van der Waals surface area (Å²) in [5.74, 6) is 0.455. The number of aliphatic hydroxyl groups is 1. The number of benzene rings is 2. The molecule has 2 aliphatic heterocycles. The number of hydrogen-bond acceptors (Lipinski definition) is 5. The fraction of sp³-hybridized carbons (Fsp3) is 0.381. The molecular formula is C21H23NO5S. The van der Waals surface area contributed by atoms with Crippen LogP contribution >= 0.6 is 0 Å². The third kappa shape index (κ3) is 2.99. The molecule has 7 heteroatoms. The fourth-order valence-electron chi connectivity index (χ4n) is 3.95. The molecule has 1 fully saturated rings. The number of hydrogen-bond donors (Lipinski definition) is 1. The van der Waals surface area contributed by atoms with Crippen LogP contribution in [0.25, 0.3) is 0 Å². The molecule has 2 aromatic rings. The summed E-state index contributed by atoms with van der Waals surface area (Å²) < 4.78 is 32.0. The first-order chi connectivity index (χ1) is 13.2. The number of aliphatic hydroxyl groups excluding tert-OH is 1. The Labute approximate surface area is 164 Å². The van der Waals surface area contributed by atoms with Crippen LogP contribution in [0.15, 0.2) is 58.3 Å². The van der Waals surface area contributed by atoms with Crippen molar-refractivity contribution in [2.75, 3.05) is 6.54 Å². The van der Waals surface area contributed by atoms with Crippen LogP contribution in [-0.4, -0.2) is 42.6 Å². The lowest BCUT2D eigenvalue weighted by atomic mass is 9.85. The third-order valence-electron chi connectivity index (χ3n) is 5.49. The van der Waals surface area contributed by atoms with Gasteiger partial charge in [0.1, 0.15) is 17.5 Å². The molecule has 0 spiro atoms. The van der Waals surface area contributed by atoms with Gasteiger partial charge in [0.25, 0.3) is 0 Å². The molecule has 0 bridgehead atoms. The zero-order valence-electron chi connectivity index (χ0n) is 15.8. The molecule has 0 radical (unpaired) electrons. The Balaban J connectivity index is 1.85. The van der Waals surface area contributed by atoms with Gasteiger partial charge in [-0.05, 0) is 50.6 Å². The second-order valence-corrected chi connectivity index (χ2v) is 9.75. The largest absolute Gasteiger partial charge is 0.485 e. The number of nitrogens with zero attached hydrogens (tertiary/aromatic N) is 1. The summed E-state index contributed by atoms with van der Waals surface area (Å²) in [6, 6.07) is 12.2. The Kier molecular flexibility index (Phi) is 4.47. The highest BCUT2D eigenvalue weighted by Gasteiger charge is 2.47. The first-order valence-electron chi connectivity index (χ1n) is 9.32. The lowest BCUT2D eigenvalue weighted by Crippen LogP contribution is -2.53. The molecule has 4 rings (SSSR count). The van der Waals surface area contributed by atoms with Crippen LogP contribution in [0.4, 0.5) is 0 Å². The third-order valence-corrected chi connectivity index (χ3v) is 7.26. The van der Waals surface area contributed by atoms with E-state index in [1.807, 2.05) is 0 Å². The van der Waals surface area contributed by atoms with Crippen molar-refractivity contribution in [1.82, 2.24) is 4.90 Å². The monoisotopic (exact) mass is 401 g/mol. The summed E-state index contributed by atoms with van der Waals surface area (Å²) in [5, 5.41) is 11.0. The van der Waals surface area contributed by atoms with E-state index in [9.17, 15) is 18.3 Å². The smallest absolute Gasteiger partial charge is 0.223 e. The molecule has 1 unspecified atom stereocenters. The Morgan fingerprint density at radius 1 is 1.11 bits per heavy atom. The zero-order valence-corrected chi connectivity index (χ0v) is 16.6. The van der Waals surface area contributed by atoms with E-state index in [-0.39, 0.29) is 15.7 Å². The molecule has 148 valence electrons. The Bertz CT molecular complexity index is 1020. The van der Waals surface area contributed by atoms with Crippen LogP contribution in [0.2, 0.25) is 0 Å². The van der Waals surface area contributed by atoms with E-state index in [1.54, 1.807) is 55.1 Å². The van der Waals surface area contributed by atoms with Gasteiger partial charge in [0.2, 0.25) is 15.7 Å². The molecule has 1 amide bonds. The molecule has 2 heterocycles. The number of fused-ring (bicyclic) bond motifs is 1. The average Bonchev–Trinajstić information content (AvgIpc) is 3.08. The first-order valence-corrected chi connectivity index (χ1v) is 10.8. The Morgan fingerprint density at radius 2 is 1.82 bits per heavy atom. The SMILES string of the molecule is CC1(C)Oc2ccc(S(=O)(=O)c3ccccc3)cc2C(N2CCCC2=O)[C@@H]1O. The second-order valence-electron chi connectivity index (χ2n) is 7.80. The van der Waals surface area contributed by atoms with E-state index >= 15 is 0 Å². The van der Waals surface area contributed by atoms with E-state index in [0.29, 0.717) is 24.3 Å². The summed E-state index contributed by atoms with van der Waals surface area (Å²) in [6.45, 7) is 4.07. The maximum absolute atomic E-state index is 13.0. The van der Waals surface area contributed by atoms with Gasteiger partial charge in [0, 0.05) is 18.5 Å². The lowest BCUT2D eigenvalue weighted by molar-refractivity contribution is -0.139. The lowest BCUT2D eigenvalue weighted by Gasteiger charge is -2.45. The number of likely N-dealkylation sites (tertiary alicyclic amines) is 1. The summed E-state index contributed by atoms with van der Waals surface area (Å²) in [5.41, 5.74) is -0.375. The van der Waals surface area contributed by atoms with Gasteiger partial charge in [-0.1, -0.05) is 18.2 Å². The molecule has 0 aliphatic carbocycles. The van der Waals surface area contributed by atoms with Crippen LogP contribution in [0.1, 0.15) is 38.3 Å². The van der Waals surface area contributed by atoms with E-state index in [1.165, 1.54) is 12.1 Å². The molecular weight excluding hydrogens is 378 g/mol. The maximum Gasteiger partial charge on any atom is 0.223 e. The minimum Gasteiger partial charge on any atom is -0.485 e. The van der Waals surface area contributed by atoms with Gasteiger partial charge in [0.15, 0.2) is 0 Å². The van der Waals surface area contributed by atoms with Crippen LogP contribution in [0.5, 0.6) is 5.75 Å². The minimum absolute atomic E-state index is 0.0379. The van der Waals surface area contributed by atoms with Crippen molar-refractivity contribution >= 4 is 15.7 Å².